The number of nitrogens with one attached hydrogen (secondary N) is 1. The Kier molecular flexibility index (Phi) is 4.86. The van der Waals surface area contributed by atoms with Crippen molar-refractivity contribution in [2.75, 3.05) is 0 Å². The third-order valence-electron chi connectivity index (χ3n) is 2.79. The van der Waals surface area contributed by atoms with E-state index < -0.39 is 0 Å². The van der Waals surface area contributed by atoms with Crippen LogP contribution < -0.4 is 10.1 Å². The zero-order valence-electron chi connectivity index (χ0n) is 12.4. The van der Waals surface area contributed by atoms with E-state index >= 15 is 0 Å². The number of carbonyl (C=O) groups is 1. The maximum absolute atomic E-state index is 11.9. The summed E-state index contributed by atoms with van der Waals surface area (Å²) in [4.78, 5) is 11.9. The van der Waals surface area contributed by atoms with Crippen molar-refractivity contribution in [3.05, 3.63) is 35.7 Å². The lowest BCUT2D eigenvalue weighted by Crippen LogP contribution is -2.30. The van der Waals surface area contributed by atoms with Crippen LogP contribution in [0.3, 0.4) is 0 Å². The van der Waals surface area contributed by atoms with Crippen LogP contribution in [-0.2, 0) is 13.2 Å². The Balaban J connectivity index is 2.03. The fraction of sp³-hybridized carbons (Fsp3) is 0.429. The smallest absolute Gasteiger partial charge is 0.251 e. The Bertz CT molecular complexity index is 609. The minimum absolute atomic E-state index is 0.0938. The number of benzene rings is 1. The number of hydrogen-bond acceptors (Lipinski definition) is 5. The molecule has 1 aromatic carbocycles. The van der Waals surface area contributed by atoms with Crippen molar-refractivity contribution in [2.24, 2.45) is 0 Å². The van der Waals surface area contributed by atoms with E-state index in [2.05, 4.69) is 20.8 Å². The Labute approximate surface area is 123 Å². The molecule has 2 aromatic rings. The highest BCUT2D eigenvalue weighted by atomic mass is 16.5. The normalized spacial score (nSPS) is 10.7. The molecule has 7 nitrogen and oxygen atoms in total. The summed E-state index contributed by atoms with van der Waals surface area (Å²) in [6.07, 6.45) is 0. The molecule has 1 heterocycles. The Morgan fingerprint density at radius 1 is 1.43 bits per heavy atom. The lowest BCUT2D eigenvalue weighted by atomic mass is 10.2. The van der Waals surface area contributed by atoms with E-state index in [1.807, 2.05) is 20.8 Å². The number of amides is 1. The van der Waals surface area contributed by atoms with Gasteiger partial charge in [-0.1, -0.05) is 6.07 Å². The highest BCUT2D eigenvalue weighted by molar-refractivity contribution is 5.94. The molecule has 0 saturated heterocycles. The number of hydrogen-bond donors (Lipinski definition) is 1. The fourth-order valence-corrected chi connectivity index (χ4v) is 1.79. The molecule has 0 radical (unpaired) electrons. The van der Waals surface area contributed by atoms with E-state index in [1.165, 1.54) is 0 Å². The Morgan fingerprint density at radius 2 is 2.24 bits per heavy atom. The first-order chi connectivity index (χ1) is 10.1. The van der Waals surface area contributed by atoms with E-state index in [4.69, 9.17) is 4.74 Å². The van der Waals surface area contributed by atoms with Crippen molar-refractivity contribution >= 4 is 5.91 Å². The van der Waals surface area contributed by atoms with Gasteiger partial charge in [-0.15, -0.1) is 5.10 Å². The summed E-state index contributed by atoms with van der Waals surface area (Å²) in [5, 5.41) is 14.2. The van der Waals surface area contributed by atoms with Gasteiger partial charge in [0.2, 0.25) is 0 Å². The number of nitrogens with zero attached hydrogens (tertiary/aromatic N) is 4. The van der Waals surface area contributed by atoms with Crippen LogP contribution in [0, 0.1) is 0 Å². The Morgan fingerprint density at radius 3 is 2.95 bits per heavy atom. The average Bonchev–Trinajstić information content (AvgIpc) is 2.92. The summed E-state index contributed by atoms with van der Waals surface area (Å²) in [6, 6.07) is 7.13. The van der Waals surface area contributed by atoms with Gasteiger partial charge in [0.25, 0.3) is 5.91 Å². The number of ether oxygens (including phenoxy) is 1. The van der Waals surface area contributed by atoms with Crippen LogP contribution in [0.1, 0.15) is 37.0 Å². The molecule has 0 aliphatic carbocycles. The van der Waals surface area contributed by atoms with E-state index in [0.717, 1.165) is 0 Å². The van der Waals surface area contributed by atoms with Crippen molar-refractivity contribution in [1.29, 1.82) is 0 Å². The van der Waals surface area contributed by atoms with Crippen molar-refractivity contribution in [3.63, 3.8) is 0 Å². The monoisotopic (exact) mass is 289 g/mol. The first-order valence-electron chi connectivity index (χ1n) is 6.89. The molecule has 112 valence electrons. The third-order valence-corrected chi connectivity index (χ3v) is 2.79. The molecule has 0 spiro atoms. The molecule has 1 aromatic heterocycles. The third kappa shape index (κ3) is 4.01. The number of tetrazole rings is 1. The largest absolute Gasteiger partial charge is 0.486 e. The molecule has 0 saturated carbocycles. The van der Waals surface area contributed by atoms with E-state index in [1.54, 1.807) is 28.9 Å². The molecule has 7 heteroatoms. The topological polar surface area (TPSA) is 81.9 Å². The quantitative estimate of drug-likeness (QED) is 0.869. The molecule has 0 fully saturated rings. The van der Waals surface area contributed by atoms with Gasteiger partial charge in [0.05, 0.1) is 0 Å². The van der Waals surface area contributed by atoms with Gasteiger partial charge in [-0.05, 0) is 49.4 Å². The van der Waals surface area contributed by atoms with Crippen molar-refractivity contribution in [1.82, 2.24) is 25.5 Å². The maximum atomic E-state index is 11.9. The van der Waals surface area contributed by atoms with Crippen LogP contribution in [0.15, 0.2) is 24.3 Å². The number of aromatic nitrogens is 4. The number of carbonyl (C=O) groups excluding carboxylic acids is 1. The van der Waals surface area contributed by atoms with Gasteiger partial charge < -0.3 is 10.1 Å². The highest BCUT2D eigenvalue weighted by Crippen LogP contribution is 2.14. The molecule has 1 amide bonds. The lowest BCUT2D eigenvalue weighted by molar-refractivity contribution is 0.0942. The predicted octanol–water partition coefficient (Wildman–Crippen LogP) is 1.41. The van der Waals surface area contributed by atoms with Crippen LogP contribution in [0.2, 0.25) is 0 Å². The molecular weight excluding hydrogens is 270 g/mol. The van der Waals surface area contributed by atoms with E-state index in [9.17, 15) is 4.79 Å². The minimum atomic E-state index is -0.117. The van der Waals surface area contributed by atoms with Crippen molar-refractivity contribution < 1.29 is 9.53 Å². The molecule has 0 aliphatic rings. The summed E-state index contributed by atoms with van der Waals surface area (Å²) < 4.78 is 7.31. The second-order valence-corrected chi connectivity index (χ2v) is 4.86. The zero-order chi connectivity index (χ0) is 15.2. The van der Waals surface area contributed by atoms with Crippen LogP contribution in [-0.4, -0.2) is 32.2 Å². The molecular formula is C14H19N5O2. The van der Waals surface area contributed by atoms with Crippen LogP contribution in [0.4, 0.5) is 0 Å². The summed E-state index contributed by atoms with van der Waals surface area (Å²) in [5.41, 5.74) is 0.566. The molecule has 0 atom stereocenters. The van der Waals surface area contributed by atoms with E-state index in [-0.39, 0.29) is 18.6 Å². The second-order valence-electron chi connectivity index (χ2n) is 4.86. The summed E-state index contributed by atoms with van der Waals surface area (Å²) in [7, 11) is 0. The van der Waals surface area contributed by atoms with Gasteiger partial charge in [-0.2, -0.15) is 0 Å². The van der Waals surface area contributed by atoms with Crippen molar-refractivity contribution in [2.45, 2.75) is 40.0 Å². The number of aryl methyl sites for hydroxylation is 1. The van der Waals surface area contributed by atoms with E-state index in [0.29, 0.717) is 23.7 Å². The summed E-state index contributed by atoms with van der Waals surface area (Å²) >= 11 is 0. The zero-order valence-corrected chi connectivity index (χ0v) is 12.4. The average molecular weight is 289 g/mol. The lowest BCUT2D eigenvalue weighted by Gasteiger charge is -2.10. The number of rotatable bonds is 6. The maximum Gasteiger partial charge on any atom is 0.251 e. The highest BCUT2D eigenvalue weighted by Gasteiger charge is 2.09. The summed E-state index contributed by atoms with van der Waals surface area (Å²) in [6.45, 7) is 6.74. The first-order valence-corrected chi connectivity index (χ1v) is 6.89. The molecule has 0 bridgehead atoms. The van der Waals surface area contributed by atoms with Gasteiger partial charge in [-0.25, -0.2) is 4.68 Å². The van der Waals surface area contributed by atoms with Crippen molar-refractivity contribution in [3.8, 4) is 5.75 Å². The SMILES string of the molecule is CCn1nnnc1COc1cccc(C(=O)NC(C)C)c1. The van der Waals surface area contributed by atoms with Gasteiger partial charge in [0.15, 0.2) is 5.82 Å². The first kappa shape index (κ1) is 15.0. The predicted molar refractivity (Wildman–Crippen MR) is 76.9 cm³/mol. The van der Waals surface area contributed by atoms with Gasteiger partial charge in [0.1, 0.15) is 12.4 Å². The van der Waals surface area contributed by atoms with Crippen LogP contribution in [0.5, 0.6) is 5.75 Å². The molecule has 21 heavy (non-hydrogen) atoms. The summed E-state index contributed by atoms with van der Waals surface area (Å²) in [5.74, 6) is 1.14. The van der Waals surface area contributed by atoms with Crippen LogP contribution in [0.25, 0.3) is 0 Å². The fourth-order valence-electron chi connectivity index (χ4n) is 1.79. The molecule has 0 aliphatic heterocycles. The van der Waals surface area contributed by atoms with Gasteiger partial charge in [-0.3, -0.25) is 4.79 Å². The minimum Gasteiger partial charge on any atom is -0.486 e. The Hall–Kier alpha value is -2.44. The van der Waals surface area contributed by atoms with Gasteiger partial charge in [0, 0.05) is 18.2 Å². The molecule has 1 N–H and O–H groups in total. The molecule has 2 rings (SSSR count). The standard InChI is InChI=1S/C14H19N5O2/c1-4-19-13(16-17-18-19)9-21-12-7-5-6-11(8-12)14(20)15-10(2)3/h5-8,10H,4,9H2,1-3H3,(H,15,20). The van der Waals surface area contributed by atoms with Crippen LogP contribution >= 0.6 is 0 Å². The van der Waals surface area contributed by atoms with Gasteiger partial charge >= 0.3 is 0 Å². The second kappa shape index (κ2) is 6.83. The molecule has 0 unspecified atom stereocenters.